The quantitative estimate of drug-likeness (QED) is 0.853. The van der Waals surface area contributed by atoms with E-state index in [0.717, 1.165) is 32.4 Å². The lowest BCUT2D eigenvalue weighted by Crippen LogP contribution is -2.43. The summed E-state index contributed by atoms with van der Waals surface area (Å²) in [5, 5.41) is 0.536. The molecule has 1 aromatic heterocycles. The summed E-state index contributed by atoms with van der Waals surface area (Å²) in [4.78, 5) is 18.2. The van der Waals surface area contributed by atoms with E-state index >= 15 is 0 Å². The normalized spacial score (nSPS) is 19.5. The Balaban J connectivity index is 1.99. The molecule has 1 fully saturated rings. The van der Waals surface area contributed by atoms with Gasteiger partial charge >= 0.3 is 0 Å². The van der Waals surface area contributed by atoms with Crippen molar-refractivity contribution >= 4 is 17.5 Å². The first-order valence-corrected chi connectivity index (χ1v) is 7.11. The van der Waals surface area contributed by atoms with Crippen LogP contribution in [0.25, 0.3) is 0 Å². The van der Waals surface area contributed by atoms with Crippen molar-refractivity contribution in [1.82, 2.24) is 9.88 Å². The zero-order chi connectivity index (χ0) is 13.7. The molecule has 0 N–H and O–H groups in total. The number of carbonyl (C=O) groups is 1. The van der Waals surface area contributed by atoms with E-state index in [4.69, 9.17) is 16.3 Å². The van der Waals surface area contributed by atoms with Crippen molar-refractivity contribution in [2.75, 3.05) is 19.7 Å². The molecule has 1 aromatic rings. The number of rotatable bonds is 4. The molecule has 2 heterocycles. The molecule has 1 unspecified atom stereocenters. The summed E-state index contributed by atoms with van der Waals surface area (Å²) in [5.41, 5.74) is 0.406. The smallest absolute Gasteiger partial charge is 0.272 e. The minimum absolute atomic E-state index is 0.0627. The zero-order valence-corrected chi connectivity index (χ0v) is 11.9. The molecule has 0 radical (unpaired) electrons. The molecule has 1 saturated heterocycles. The Hall–Kier alpha value is -1.13. The van der Waals surface area contributed by atoms with Crippen LogP contribution < -0.4 is 0 Å². The SMILES string of the molecule is CCCOC1CCCN(C(=O)c2cc(Cl)ccn2)C1. The highest BCUT2D eigenvalue weighted by molar-refractivity contribution is 6.30. The molecule has 0 aliphatic carbocycles. The van der Waals surface area contributed by atoms with E-state index in [9.17, 15) is 4.79 Å². The molecule has 0 aromatic carbocycles. The average molecular weight is 283 g/mol. The summed E-state index contributed by atoms with van der Waals surface area (Å²) < 4.78 is 5.73. The molecule has 0 saturated carbocycles. The van der Waals surface area contributed by atoms with Gasteiger partial charge in [0.15, 0.2) is 0 Å². The first-order chi connectivity index (χ1) is 9.20. The molecule has 0 spiro atoms. The van der Waals surface area contributed by atoms with Crippen molar-refractivity contribution in [2.24, 2.45) is 0 Å². The molecular formula is C14H19ClN2O2. The van der Waals surface area contributed by atoms with Gasteiger partial charge in [-0.1, -0.05) is 18.5 Å². The van der Waals surface area contributed by atoms with Crippen LogP contribution in [0.5, 0.6) is 0 Å². The van der Waals surface area contributed by atoms with Crippen molar-refractivity contribution in [1.29, 1.82) is 0 Å². The van der Waals surface area contributed by atoms with Crippen molar-refractivity contribution in [2.45, 2.75) is 32.3 Å². The number of hydrogen-bond donors (Lipinski definition) is 0. The van der Waals surface area contributed by atoms with Crippen molar-refractivity contribution in [3.8, 4) is 0 Å². The number of ether oxygens (including phenoxy) is 1. The van der Waals surface area contributed by atoms with Crippen LogP contribution in [0.2, 0.25) is 5.02 Å². The monoisotopic (exact) mass is 282 g/mol. The van der Waals surface area contributed by atoms with Gasteiger partial charge in [0, 0.05) is 30.9 Å². The first kappa shape index (κ1) is 14.3. The largest absolute Gasteiger partial charge is 0.376 e. The Bertz CT molecular complexity index is 439. The van der Waals surface area contributed by atoms with E-state index in [1.165, 1.54) is 0 Å². The maximum atomic E-state index is 12.3. The summed E-state index contributed by atoms with van der Waals surface area (Å²) >= 11 is 5.89. The maximum Gasteiger partial charge on any atom is 0.272 e. The van der Waals surface area contributed by atoms with Crippen LogP contribution in [-0.2, 0) is 4.74 Å². The van der Waals surface area contributed by atoms with Gasteiger partial charge in [0.1, 0.15) is 5.69 Å². The van der Waals surface area contributed by atoms with Gasteiger partial charge in [-0.25, -0.2) is 0 Å². The topological polar surface area (TPSA) is 42.4 Å². The molecule has 5 heteroatoms. The lowest BCUT2D eigenvalue weighted by Gasteiger charge is -2.32. The number of amides is 1. The summed E-state index contributed by atoms with van der Waals surface area (Å²) in [6.07, 6.45) is 4.70. The number of halogens is 1. The zero-order valence-electron chi connectivity index (χ0n) is 11.1. The number of hydrogen-bond acceptors (Lipinski definition) is 3. The third kappa shape index (κ3) is 3.91. The number of pyridine rings is 1. The number of carbonyl (C=O) groups excluding carboxylic acids is 1. The summed E-state index contributed by atoms with van der Waals surface area (Å²) in [6.45, 7) is 4.25. The molecule has 104 valence electrons. The highest BCUT2D eigenvalue weighted by Crippen LogP contribution is 2.17. The third-order valence-corrected chi connectivity index (χ3v) is 3.40. The first-order valence-electron chi connectivity index (χ1n) is 6.73. The van der Waals surface area contributed by atoms with E-state index in [2.05, 4.69) is 11.9 Å². The van der Waals surface area contributed by atoms with E-state index in [1.807, 2.05) is 4.90 Å². The molecular weight excluding hydrogens is 264 g/mol. The molecule has 4 nitrogen and oxygen atoms in total. The molecule has 1 amide bonds. The van der Waals surface area contributed by atoms with Crippen LogP contribution in [0.15, 0.2) is 18.3 Å². The van der Waals surface area contributed by atoms with E-state index in [-0.39, 0.29) is 12.0 Å². The predicted molar refractivity (Wildman–Crippen MR) is 74.4 cm³/mol. The van der Waals surface area contributed by atoms with Gasteiger partial charge in [0.2, 0.25) is 0 Å². The second-order valence-corrected chi connectivity index (χ2v) is 5.18. The van der Waals surface area contributed by atoms with Crippen LogP contribution in [0.1, 0.15) is 36.7 Å². The van der Waals surface area contributed by atoms with Gasteiger partial charge in [0.25, 0.3) is 5.91 Å². The van der Waals surface area contributed by atoms with Crippen molar-refractivity contribution in [3.63, 3.8) is 0 Å². The van der Waals surface area contributed by atoms with Gasteiger partial charge in [-0.3, -0.25) is 9.78 Å². The fourth-order valence-corrected chi connectivity index (χ4v) is 2.39. The average Bonchev–Trinajstić information content (AvgIpc) is 2.44. The molecule has 19 heavy (non-hydrogen) atoms. The molecule has 1 atom stereocenters. The van der Waals surface area contributed by atoms with Crippen molar-refractivity contribution in [3.05, 3.63) is 29.0 Å². The third-order valence-electron chi connectivity index (χ3n) is 3.16. The van der Waals surface area contributed by atoms with E-state index in [0.29, 0.717) is 17.3 Å². The van der Waals surface area contributed by atoms with Crippen LogP contribution >= 0.6 is 11.6 Å². The van der Waals surface area contributed by atoms with Crippen LogP contribution in [-0.4, -0.2) is 41.6 Å². The van der Waals surface area contributed by atoms with Crippen LogP contribution in [0.3, 0.4) is 0 Å². The lowest BCUT2D eigenvalue weighted by molar-refractivity contribution is 0.00192. The maximum absolute atomic E-state index is 12.3. The second-order valence-electron chi connectivity index (χ2n) is 4.75. The van der Waals surface area contributed by atoms with Gasteiger partial charge in [-0.2, -0.15) is 0 Å². The number of aromatic nitrogens is 1. The summed E-state index contributed by atoms with van der Waals surface area (Å²) in [7, 11) is 0. The van der Waals surface area contributed by atoms with E-state index in [1.54, 1.807) is 18.3 Å². The summed E-state index contributed by atoms with van der Waals surface area (Å²) in [5.74, 6) is -0.0627. The Morgan fingerprint density at radius 1 is 1.63 bits per heavy atom. The van der Waals surface area contributed by atoms with Gasteiger partial charge in [0.05, 0.1) is 6.10 Å². The lowest BCUT2D eigenvalue weighted by atomic mass is 10.1. The van der Waals surface area contributed by atoms with Crippen molar-refractivity contribution < 1.29 is 9.53 Å². The fraction of sp³-hybridized carbons (Fsp3) is 0.571. The number of likely N-dealkylation sites (tertiary alicyclic amines) is 1. The minimum Gasteiger partial charge on any atom is -0.376 e. The molecule has 2 rings (SSSR count). The second kappa shape index (κ2) is 6.87. The van der Waals surface area contributed by atoms with Gasteiger partial charge in [-0.15, -0.1) is 0 Å². The number of piperidine rings is 1. The number of nitrogens with zero attached hydrogens (tertiary/aromatic N) is 2. The Kier molecular flexibility index (Phi) is 5.16. The molecule has 1 aliphatic heterocycles. The predicted octanol–water partition coefficient (Wildman–Crippen LogP) is 2.77. The Morgan fingerprint density at radius 2 is 2.47 bits per heavy atom. The van der Waals surface area contributed by atoms with Gasteiger partial charge < -0.3 is 9.64 Å². The highest BCUT2D eigenvalue weighted by Gasteiger charge is 2.25. The summed E-state index contributed by atoms with van der Waals surface area (Å²) in [6, 6.07) is 3.28. The minimum atomic E-state index is -0.0627. The fourth-order valence-electron chi connectivity index (χ4n) is 2.23. The van der Waals surface area contributed by atoms with Crippen LogP contribution in [0.4, 0.5) is 0 Å². The standard InChI is InChI=1S/C14H19ClN2O2/c1-2-8-19-12-4-3-7-17(10-12)14(18)13-9-11(15)5-6-16-13/h5-6,9,12H,2-4,7-8,10H2,1H3. The highest BCUT2D eigenvalue weighted by atomic mass is 35.5. The van der Waals surface area contributed by atoms with Crippen LogP contribution in [0, 0.1) is 0 Å². The molecule has 0 bridgehead atoms. The Morgan fingerprint density at radius 3 is 3.21 bits per heavy atom. The Labute approximate surface area is 118 Å². The molecule has 1 aliphatic rings. The van der Waals surface area contributed by atoms with Gasteiger partial charge in [-0.05, 0) is 31.4 Å². The van der Waals surface area contributed by atoms with E-state index < -0.39 is 0 Å².